The first-order chi connectivity index (χ1) is 13.6. The van der Waals surface area contributed by atoms with Crippen molar-refractivity contribution in [2.24, 2.45) is 5.92 Å². The van der Waals surface area contributed by atoms with Gasteiger partial charge in [0.05, 0.1) is 19.1 Å². The smallest absolute Gasteiger partial charge is 0.229 e. The number of hydrogen-bond acceptors (Lipinski definition) is 4. The largest absolute Gasteiger partial charge is 0.494 e. The van der Waals surface area contributed by atoms with E-state index in [0.29, 0.717) is 25.4 Å². The van der Waals surface area contributed by atoms with Gasteiger partial charge in [0.1, 0.15) is 11.5 Å². The maximum Gasteiger partial charge on any atom is 0.229 e. The summed E-state index contributed by atoms with van der Waals surface area (Å²) >= 11 is 0. The Balaban J connectivity index is 1.59. The van der Waals surface area contributed by atoms with Gasteiger partial charge in [-0.2, -0.15) is 0 Å². The quantitative estimate of drug-likeness (QED) is 0.753. The molecule has 148 valence electrons. The van der Waals surface area contributed by atoms with Crippen LogP contribution >= 0.6 is 0 Å². The second-order valence-corrected chi connectivity index (χ2v) is 6.69. The lowest BCUT2D eigenvalue weighted by molar-refractivity contribution is -0.122. The zero-order valence-corrected chi connectivity index (χ0v) is 16.3. The minimum absolute atomic E-state index is 0.0472. The van der Waals surface area contributed by atoms with E-state index >= 15 is 0 Å². The molecule has 1 heterocycles. The van der Waals surface area contributed by atoms with E-state index in [2.05, 4.69) is 12.2 Å². The van der Waals surface area contributed by atoms with Gasteiger partial charge in [0, 0.05) is 24.3 Å². The molecule has 2 amide bonds. The van der Waals surface area contributed by atoms with Crippen molar-refractivity contribution in [3.05, 3.63) is 48.5 Å². The van der Waals surface area contributed by atoms with E-state index in [1.807, 2.05) is 43.3 Å². The number of rotatable bonds is 8. The highest BCUT2D eigenvalue weighted by Crippen LogP contribution is 2.28. The number of carbonyl (C=O) groups is 2. The van der Waals surface area contributed by atoms with Crippen LogP contribution in [0.15, 0.2) is 48.5 Å². The molecule has 0 unspecified atom stereocenters. The molecular formula is C22H26N2O4. The third-order valence-electron chi connectivity index (χ3n) is 4.55. The third kappa shape index (κ3) is 4.82. The Morgan fingerprint density at radius 2 is 1.68 bits per heavy atom. The van der Waals surface area contributed by atoms with E-state index < -0.39 is 0 Å². The molecule has 3 rings (SSSR count). The van der Waals surface area contributed by atoms with E-state index in [1.165, 1.54) is 0 Å². The molecule has 0 aromatic heterocycles. The summed E-state index contributed by atoms with van der Waals surface area (Å²) in [5.74, 6) is 0.961. The number of anilines is 2. The van der Waals surface area contributed by atoms with Crippen molar-refractivity contribution in [3.63, 3.8) is 0 Å². The summed E-state index contributed by atoms with van der Waals surface area (Å²) in [6, 6.07) is 14.6. The topological polar surface area (TPSA) is 67.9 Å². The molecule has 2 aromatic rings. The number of benzene rings is 2. The van der Waals surface area contributed by atoms with Gasteiger partial charge in [-0.3, -0.25) is 9.59 Å². The number of hydrogen-bond donors (Lipinski definition) is 1. The molecule has 1 atom stereocenters. The molecular weight excluding hydrogens is 356 g/mol. The van der Waals surface area contributed by atoms with Gasteiger partial charge in [-0.05, 0) is 61.9 Å². The fraction of sp³-hybridized carbons (Fsp3) is 0.364. The van der Waals surface area contributed by atoms with E-state index in [1.54, 1.807) is 17.0 Å². The van der Waals surface area contributed by atoms with Crippen molar-refractivity contribution in [1.29, 1.82) is 0 Å². The highest BCUT2D eigenvalue weighted by Gasteiger charge is 2.35. The highest BCUT2D eigenvalue weighted by atomic mass is 16.5. The van der Waals surface area contributed by atoms with E-state index in [0.717, 1.165) is 23.6 Å². The average molecular weight is 382 g/mol. The first-order valence-corrected chi connectivity index (χ1v) is 9.67. The van der Waals surface area contributed by atoms with Crippen LogP contribution in [0.1, 0.15) is 26.7 Å². The van der Waals surface area contributed by atoms with Gasteiger partial charge in [-0.15, -0.1) is 0 Å². The van der Waals surface area contributed by atoms with Crippen LogP contribution in [-0.2, 0) is 9.59 Å². The molecule has 6 nitrogen and oxygen atoms in total. The molecule has 1 saturated heterocycles. The SMILES string of the molecule is CCCOc1ccc(N2C[C@@H](C(=O)Nc3ccc(OCC)cc3)CC2=O)cc1. The van der Waals surface area contributed by atoms with Crippen LogP contribution in [0, 0.1) is 5.92 Å². The molecule has 28 heavy (non-hydrogen) atoms. The lowest BCUT2D eigenvalue weighted by Crippen LogP contribution is -2.28. The van der Waals surface area contributed by atoms with Gasteiger partial charge in [-0.1, -0.05) is 6.92 Å². The van der Waals surface area contributed by atoms with E-state index in [4.69, 9.17) is 9.47 Å². The Morgan fingerprint density at radius 3 is 2.32 bits per heavy atom. The number of carbonyl (C=O) groups excluding carboxylic acids is 2. The summed E-state index contributed by atoms with van der Waals surface area (Å²) in [4.78, 5) is 26.7. The monoisotopic (exact) mass is 382 g/mol. The van der Waals surface area contributed by atoms with Gasteiger partial charge in [0.15, 0.2) is 0 Å². The van der Waals surface area contributed by atoms with E-state index in [-0.39, 0.29) is 24.2 Å². The van der Waals surface area contributed by atoms with Crippen LogP contribution in [0.4, 0.5) is 11.4 Å². The molecule has 0 aliphatic carbocycles. The molecule has 2 aromatic carbocycles. The standard InChI is InChI=1S/C22H26N2O4/c1-3-13-28-20-11-7-18(8-12-20)24-15-16(14-21(24)25)22(26)23-17-5-9-19(10-6-17)27-4-2/h5-12,16H,3-4,13-15H2,1-2H3,(H,23,26)/t16-/m0/s1. The first-order valence-electron chi connectivity index (χ1n) is 9.67. The lowest BCUT2D eigenvalue weighted by atomic mass is 10.1. The fourth-order valence-electron chi connectivity index (χ4n) is 3.12. The van der Waals surface area contributed by atoms with Gasteiger partial charge < -0.3 is 19.7 Å². The molecule has 0 spiro atoms. The minimum Gasteiger partial charge on any atom is -0.494 e. The van der Waals surface area contributed by atoms with Gasteiger partial charge in [0.25, 0.3) is 0 Å². The van der Waals surface area contributed by atoms with Crippen molar-refractivity contribution in [3.8, 4) is 11.5 Å². The molecule has 1 aliphatic rings. The minimum atomic E-state index is -0.380. The van der Waals surface area contributed by atoms with Crippen LogP contribution < -0.4 is 19.7 Å². The molecule has 0 saturated carbocycles. The van der Waals surface area contributed by atoms with Crippen molar-refractivity contribution < 1.29 is 19.1 Å². The second kappa shape index (κ2) is 9.26. The lowest BCUT2D eigenvalue weighted by Gasteiger charge is -2.17. The summed E-state index contributed by atoms with van der Waals surface area (Å²) in [7, 11) is 0. The Hall–Kier alpha value is -3.02. The van der Waals surface area contributed by atoms with Crippen molar-refractivity contribution in [1.82, 2.24) is 0 Å². The molecule has 1 aliphatic heterocycles. The normalized spacial score (nSPS) is 16.1. The zero-order valence-electron chi connectivity index (χ0n) is 16.3. The van der Waals surface area contributed by atoms with Crippen LogP contribution in [-0.4, -0.2) is 31.6 Å². The van der Waals surface area contributed by atoms with Crippen molar-refractivity contribution in [2.45, 2.75) is 26.7 Å². The summed E-state index contributed by atoms with van der Waals surface area (Å²) in [6.45, 7) is 5.60. The van der Waals surface area contributed by atoms with Gasteiger partial charge in [0.2, 0.25) is 11.8 Å². The molecule has 0 bridgehead atoms. The van der Waals surface area contributed by atoms with Crippen LogP contribution in [0.3, 0.4) is 0 Å². The summed E-state index contributed by atoms with van der Waals surface area (Å²) < 4.78 is 11.0. The predicted octanol–water partition coefficient (Wildman–Crippen LogP) is 3.87. The molecule has 0 radical (unpaired) electrons. The molecule has 1 fully saturated rings. The summed E-state index contributed by atoms with van der Waals surface area (Å²) in [5.41, 5.74) is 1.47. The number of nitrogens with zero attached hydrogens (tertiary/aromatic N) is 1. The Bertz CT molecular complexity index is 802. The van der Waals surface area contributed by atoms with Gasteiger partial charge >= 0.3 is 0 Å². The third-order valence-corrected chi connectivity index (χ3v) is 4.55. The van der Waals surface area contributed by atoms with Gasteiger partial charge in [-0.25, -0.2) is 0 Å². The number of nitrogens with one attached hydrogen (secondary N) is 1. The number of amides is 2. The van der Waals surface area contributed by atoms with Crippen LogP contribution in [0.2, 0.25) is 0 Å². The Kier molecular flexibility index (Phi) is 6.53. The fourth-order valence-corrected chi connectivity index (χ4v) is 3.12. The van der Waals surface area contributed by atoms with Crippen LogP contribution in [0.5, 0.6) is 11.5 Å². The first kappa shape index (κ1) is 19.7. The maximum atomic E-state index is 12.6. The average Bonchev–Trinajstić information content (AvgIpc) is 3.10. The highest BCUT2D eigenvalue weighted by molar-refractivity contribution is 6.03. The Morgan fingerprint density at radius 1 is 1.04 bits per heavy atom. The summed E-state index contributed by atoms with van der Waals surface area (Å²) in [5, 5.41) is 2.88. The maximum absolute atomic E-state index is 12.6. The molecule has 1 N–H and O–H groups in total. The predicted molar refractivity (Wildman–Crippen MR) is 109 cm³/mol. The van der Waals surface area contributed by atoms with E-state index in [9.17, 15) is 9.59 Å². The second-order valence-electron chi connectivity index (χ2n) is 6.69. The van der Waals surface area contributed by atoms with Crippen molar-refractivity contribution in [2.75, 3.05) is 30.0 Å². The zero-order chi connectivity index (χ0) is 19.9. The Labute approximate surface area is 165 Å². The molecule has 6 heteroatoms. The summed E-state index contributed by atoms with van der Waals surface area (Å²) in [6.07, 6.45) is 1.15. The number of ether oxygens (including phenoxy) is 2. The van der Waals surface area contributed by atoms with Crippen LogP contribution in [0.25, 0.3) is 0 Å². The van der Waals surface area contributed by atoms with Crippen molar-refractivity contribution >= 4 is 23.2 Å².